The van der Waals surface area contributed by atoms with Crippen LogP contribution in [0.1, 0.15) is 11.1 Å². The minimum absolute atomic E-state index is 0.0678. The van der Waals surface area contributed by atoms with Crippen molar-refractivity contribution < 1.29 is 18.8 Å². The van der Waals surface area contributed by atoms with Gasteiger partial charge >= 0.3 is 6.03 Å². The minimum Gasteiger partial charge on any atom is -0.337 e. The van der Waals surface area contributed by atoms with E-state index in [2.05, 4.69) is 10.6 Å². The molecule has 4 amide bonds. The first-order valence-electron chi connectivity index (χ1n) is 11.0. The van der Waals surface area contributed by atoms with Gasteiger partial charge in [-0.15, -0.1) is 0 Å². The normalized spacial score (nSPS) is 14.5. The molecule has 0 aliphatic carbocycles. The van der Waals surface area contributed by atoms with Crippen LogP contribution < -0.4 is 10.6 Å². The summed E-state index contributed by atoms with van der Waals surface area (Å²) in [5.41, 5.74) is 2.51. The Morgan fingerprint density at radius 3 is 2.46 bits per heavy atom. The number of aromatic nitrogens is 1. The monoisotopic (exact) mass is 468 g/mol. The standard InChI is InChI=1S/C27H21FN4O3/c28-22-12-6-4-8-18(22)16-32-26(34)23(30-27(32)35)14-19-15-31(24-13-7-5-11-21(19)24)17-25(33)29-20-9-2-1-3-10-20/h1-15H,16-17H2,(H,29,33)(H,30,35). The van der Waals surface area contributed by atoms with Gasteiger partial charge in [-0.3, -0.25) is 14.5 Å². The summed E-state index contributed by atoms with van der Waals surface area (Å²) in [6.07, 6.45) is 3.34. The molecule has 1 aliphatic heterocycles. The summed E-state index contributed by atoms with van der Waals surface area (Å²) in [5.74, 6) is -1.23. The summed E-state index contributed by atoms with van der Waals surface area (Å²) in [5, 5.41) is 6.26. The predicted molar refractivity (Wildman–Crippen MR) is 130 cm³/mol. The van der Waals surface area contributed by atoms with Crippen LogP contribution in [0.25, 0.3) is 17.0 Å². The van der Waals surface area contributed by atoms with Gasteiger partial charge in [-0.25, -0.2) is 9.18 Å². The third-order valence-electron chi connectivity index (χ3n) is 5.74. The van der Waals surface area contributed by atoms with Crippen molar-refractivity contribution in [1.29, 1.82) is 0 Å². The van der Waals surface area contributed by atoms with Crippen LogP contribution in [0.5, 0.6) is 0 Å². The molecule has 1 aliphatic rings. The van der Waals surface area contributed by atoms with Gasteiger partial charge in [0.2, 0.25) is 5.91 Å². The van der Waals surface area contributed by atoms with Crippen LogP contribution in [0.15, 0.2) is 90.8 Å². The third-order valence-corrected chi connectivity index (χ3v) is 5.74. The molecule has 3 aromatic carbocycles. The van der Waals surface area contributed by atoms with Crippen molar-refractivity contribution in [1.82, 2.24) is 14.8 Å². The maximum Gasteiger partial charge on any atom is 0.329 e. The highest BCUT2D eigenvalue weighted by Crippen LogP contribution is 2.25. The highest BCUT2D eigenvalue weighted by atomic mass is 19.1. The van der Waals surface area contributed by atoms with Crippen LogP contribution in [-0.4, -0.2) is 27.3 Å². The number of para-hydroxylation sites is 2. The van der Waals surface area contributed by atoms with Gasteiger partial charge in [-0.1, -0.05) is 54.6 Å². The first kappa shape index (κ1) is 22.1. The summed E-state index contributed by atoms with van der Waals surface area (Å²) in [4.78, 5) is 39.0. The van der Waals surface area contributed by atoms with E-state index in [-0.39, 0.29) is 30.3 Å². The summed E-state index contributed by atoms with van der Waals surface area (Å²) in [6.45, 7) is -0.103. The molecule has 0 atom stereocenters. The smallest absolute Gasteiger partial charge is 0.329 e. The van der Waals surface area contributed by atoms with Gasteiger partial charge in [0.05, 0.1) is 6.54 Å². The van der Waals surface area contributed by atoms with Crippen molar-refractivity contribution in [3.63, 3.8) is 0 Å². The molecule has 1 saturated heterocycles. The quantitative estimate of drug-likeness (QED) is 0.323. The number of anilines is 1. The van der Waals surface area contributed by atoms with Crippen LogP contribution in [0.3, 0.4) is 0 Å². The first-order chi connectivity index (χ1) is 17.0. The number of nitrogens with one attached hydrogen (secondary N) is 2. The van der Waals surface area contributed by atoms with Gasteiger partial charge in [0, 0.05) is 33.9 Å². The average molecular weight is 468 g/mol. The highest BCUT2D eigenvalue weighted by molar-refractivity contribution is 6.14. The van der Waals surface area contributed by atoms with Gasteiger partial charge in [-0.05, 0) is 30.3 Å². The average Bonchev–Trinajstić information content (AvgIpc) is 3.33. The molecule has 7 nitrogen and oxygen atoms in total. The molecule has 0 unspecified atom stereocenters. The number of amides is 4. The minimum atomic E-state index is -0.615. The molecule has 0 saturated carbocycles. The van der Waals surface area contributed by atoms with Crippen molar-refractivity contribution >= 4 is 40.5 Å². The van der Waals surface area contributed by atoms with Gasteiger partial charge in [0.25, 0.3) is 5.91 Å². The molecule has 2 heterocycles. The number of rotatable bonds is 6. The Hall–Kier alpha value is -4.72. The molecule has 0 spiro atoms. The Kier molecular flexibility index (Phi) is 5.85. The molecular formula is C27H21FN4O3. The highest BCUT2D eigenvalue weighted by Gasteiger charge is 2.34. The van der Waals surface area contributed by atoms with E-state index in [0.717, 1.165) is 15.8 Å². The molecular weight excluding hydrogens is 447 g/mol. The number of fused-ring (bicyclic) bond motifs is 1. The SMILES string of the molecule is O=C(Cn1cc(C=C2NC(=O)N(Cc3ccccc3F)C2=O)c2ccccc21)Nc1ccccc1. The third kappa shape index (κ3) is 4.54. The second kappa shape index (κ2) is 9.26. The Morgan fingerprint density at radius 1 is 0.943 bits per heavy atom. The largest absolute Gasteiger partial charge is 0.337 e. The number of imide groups is 1. The van der Waals surface area contributed by atoms with Crippen molar-refractivity contribution in [2.75, 3.05) is 5.32 Å². The molecule has 174 valence electrons. The molecule has 4 aromatic rings. The number of benzene rings is 3. The lowest BCUT2D eigenvalue weighted by Gasteiger charge is -2.12. The summed E-state index contributed by atoms with van der Waals surface area (Å²) in [6, 6.07) is 22.1. The van der Waals surface area contributed by atoms with Crippen molar-refractivity contribution in [3.05, 3.63) is 108 Å². The number of halogens is 1. The van der Waals surface area contributed by atoms with Crippen LogP contribution in [0.2, 0.25) is 0 Å². The Morgan fingerprint density at radius 2 is 1.66 bits per heavy atom. The van der Waals surface area contributed by atoms with Gasteiger partial charge in [0.1, 0.15) is 18.1 Å². The van der Waals surface area contributed by atoms with Crippen LogP contribution in [0, 0.1) is 5.82 Å². The fourth-order valence-electron chi connectivity index (χ4n) is 4.07. The van der Waals surface area contributed by atoms with E-state index in [9.17, 15) is 18.8 Å². The van der Waals surface area contributed by atoms with Gasteiger partial charge in [-0.2, -0.15) is 0 Å². The number of hydrogen-bond acceptors (Lipinski definition) is 3. The Bertz CT molecular complexity index is 1480. The molecule has 1 aromatic heterocycles. The number of urea groups is 1. The van der Waals surface area contributed by atoms with E-state index in [1.165, 1.54) is 12.1 Å². The zero-order valence-corrected chi connectivity index (χ0v) is 18.6. The van der Waals surface area contributed by atoms with E-state index in [4.69, 9.17) is 0 Å². The van der Waals surface area contributed by atoms with Gasteiger partial charge < -0.3 is 15.2 Å². The van der Waals surface area contributed by atoms with Crippen molar-refractivity contribution in [2.45, 2.75) is 13.1 Å². The molecule has 0 radical (unpaired) electrons. The Balaban J connectivity index is 1.40. The van der Waals surface area contributed by atoms with Crippen molar-refractivity contribution in [3.8, 4) is 0 Å². The topological polar surface area (TPSA) is 83.4 Å². The summed E-state index contributed by atoms with van der Waals surface area (Å²) in [7, 11) is 0. The molecule has 8 heteroatoms. The summed E-state index contributed by atoms with van der Waals surface area (Å²) < 4.78 is 15.8. The molecule has 2 N–H and O–H groups in total. The van der Waals surface area contributed by atoms with Crippen LogP contribution in [-0.2, 0) is 22.7 Å². The molecule has 35 heavy (non-hydrogen) atoms. The number of carbonyl (C=O) groups excluding carboxylic acids is 3. The predicted octanol–water partition coefficient (Wildman–Crippen LogP) is 4.51. The Labute approximate surface area is 200 Å². The lowest BCUT2D eigenvalue weighted by atomic mass is 10.1. The van der Waals surface area contributed by atoms with E-state index in [1.54, 1.807) is 29.0 Å². The van der Waals surface area contributed by atoms with E-state index < -0.39 is 17.8 Å². The molecule has 1 fully saturated rings. The fourth-order valence-corrected chi connectivity index (χ4v) is 4.07. The van der Waals surface area contributed by atoms with E-state index in [1.807, 2.05) is 54.6 Å². The van der Waals surface area contributed by atoms with Crippen LogP contribution >= 0.6 is 0 Å². The number of hydrogen-bond donors (Lipinski definition) is 2. The summed E-state index contributed by atoms with van der Waals surface area (Å²) >= 11 is 0. The number of carbonyl (C=O) groups is 3. The van der Waals surface area contributed by atoms with E-state index in [0.29, 0.717) is 11.3 Å². The molecule has 5 rings (SSSR count). The maximum atomic E-state index is 14.0. The number of nitrogens with zero attached hydrogens (tertiary/aromatic N) is 2. The van der Waals surface area contributed by atoms with Crippen molar-refractivity contribution in [2.24, 2.45) is 0 Å². The zero-order valence-electron chi connectivity index (χ0n) is 18.6. The lowest BCUT2D eigenvalue weighted by Crippen LogP contribution is -2.30. The first-order valence-corrected chi connectivity index (χ1v) is 11.0. The second-order valence-electron chi connectivity index (χ2n) is 8.11. The fraction of sp³-hybridized carbons (Fsp3) is 0.0741. The maximum absolute atomic E-state index is 14.0. The lowest BCUT2D eigenvalue weighted by molar-refractivity contribution is -0.123. The molecule has 0 bridgehead atoms. The second-order valence-corrected chi connectivity index (χ2v) is 8.11. The zero-order chi connectivity index (χ0) is 24.4. The van der Waals surface area contributed by atoms with Gasteiger partial charge in [0.15, 0.2) is 0 Å². The van der Waals surface area contributed by atoms with Crippen LogP contribution in [0.4, 0.5) is 14.9 Å². The van der Waals surface area contributed by atoms with E-state index >= 15 is 0 Å².